The van der Waals surface area contributed by atoms with Gasteiger partial charge in [0.1, 0.15) is 5.82 Å². The van der Waals surface area contributed by atoms with E-state index in [0.29, 0.717) is 12.0 Å². The number of hydrogen-bond donors (Lipinski definition) is 0. The maximum atomic E-state index is 13.1. The molecule has 0 saturated heterocycles. The Kier molecular flexibility index (Phi) is 3.62. The van der Waals surface area contributed by atoms with Gasteiger partial charge >= 0.3 is 0 Å². The van der Waals surface area contributed by atoms with Gasteiger partial charge in [0, 0.05) is 17.0 Å². The van der Waals surface area contributed by atoms with Gasteiger partial charge in [-0.05, 0) is 37.3 Å². The van der Waals surface area contributed by atoms with Crippen LogP contribution in [-0.2, 0) is 6.42 Å². The van der Waals surface area contributed by atoms with Gasteiger partial charge in [-0.3, -0.25) is 10.1 Å². The molecule has 1 aromatic rings. The maximum absolute atomic E-state index is 13.1. The van der Waals surface area contributed by atoms with E-state index < -0.39 is 10.7 Å². The minimum absolute atomic E-state index is 0.0119. The van der Waals surface area contributed by atoms with Crippen molar-refractivity contribution in [1.29, 1.82) is 0 Å². The van der Waals surface area contributed by atoms with E-state index in [9.17, 15) is 14.5 Å². The number of alkyl halides is 1. The molecule has 0 spiro atoms. The number of nitro benzene ring substituents is 1. The smallest absolute Gasteiger partial charge is 0.258 e. The van der Waals surface area contributed by atoms with E-state index in [1.54, 1.807) is 0 Å². The van der Waals surface area contributed by atoms with Crippen molar-refractivity contribution in [3.8, 4) is 0 Å². The summed E-state index contributed by atoms with van der Waals surface area (Å²) in [6.07, 6.45) is 3.43. The molecular weight excluding hydrogens is 245 g/mol. The predicted molar refractivity (Wildman–Crippen MR) is 63.7 cm³/mol. The fourth-order valence-electron chi connectivity index (χ4n) is 2.40. The van der Waals surface area contributed by atoms with E-state index in [2.05, 4.69) is 0 Å². The number of nitrogens with zero attached hydrogens (tertiary/aromatic N) is 1. The van der Waals surface area contributed by atoms with Crippen molar-refractivity contribution in [2.75, 3.05) is 0 Å². The molecule has 1 aliphatic rings. The molecule has 0 amide bonds. The predicted octanol–water partition coefficient (Wildman–Crippen LogP) is 3.68. The lowest BCUT2D eigenvalue weighted by molar-refractivity contribution is -0.385. The summed E-state index contributed by atoms with van der Waals surface area (Å²) in [6, 6.07) is 3.59. The number of rotatable bonds is 3. The second kappa shape index (κ2) is 5.00. The molecule has 1 aliphatic carbocycles. The fraction of sp³-hybridized carbons (Fsp3) is 0.500. The molecule has 3 nitrogen and oxygen atoms in total. The molecule has 0 bridgehead atoms. The van der Waals surface area contributed by atoms with Crippen LogP contribution in [0, 0.1) is 21.8 Å². The summed E-state index contributed by atoms with van der Waals surface area (Å²) in [6.45, 7) is 0. The highest BCUT2D eigenvalue weighted by atomic mass is 35.5. The molecule has 2 atom stereocenters. The van der Waals surface area contributed by atoms with Gasteiger partial charge in [0.2, 0.25) is 0 Å². The van der Waals surface area contributed by atoms with Gasteiger partial charge in [0.25, 0.3) is 5.69 Å². The minimum atomic E-state index is -0.465. The van der Waals surface area contributed by atoms with Crippen LogP contribution in [0.5, 0.6) is 0 Å². The Morgan fingerprint density at radius 1 is 1.47 bits per heavy atom. The van der Waals surface area contributed by atoms with E-state index in [4.69, 9.17) is 11.6 Å². The average molecular weight is 258 g/mol. The van der Waals surface area contributed by atoms with Crippen LogP contribution in [0.3, 0.4) is 0 Å². The second-order valence-corrected chi connectivity index (χ2v) is 5.00. The zero-order valence-corrected chi connectivity index (χ0v) is 9.99. The molecule has 2 unspecified atom stereocenters. The van der Waals surface area contributed by atoms with Crippen molar-refractivity contribution in [2.24, 2.45) is 5.92 Å². The monoisotopic (exact) mass is 257 g/mol. The third-order valence-electron chi connectivity index (χ3n) is 3.29. The van der Waals surface area contributed by atoms with Crippen LogP contribution in [-0.4, -0.2) is 10.3 Å². The molecule has 1 fully saturated rings. The van der Waals surface area contributed by atoms with Crippen molar-refractivity contribution < 1.29 is 9.31 Å². The molecular formula is C12H13ClFNO2. The third kappa shape index (κ3) is 2.75. The molecule has 92 valence electrons. The average Bonchev–Trinajstić information content (AvgIpc) is 2.64. The number of benzene rings is 1. The Balaban J connectivity index is 2.24. The van der Waals surface area contributed by atoms with Crippen LogP contribution in [0.1, 0.15) is 24.8 Å². The first-order valence-electron chi connectivity index (χ1n) is 5.65. The summed E-state index contributed by atoms with van der Waals surface area (Å²) in [5.41, 5.74) is 0.440. The van der Waals surface area contributed by atoms with Gasteiger partial charge in [-0.25, -0.2) is 4.39 Å². The largest absolute Gasteiger partial charge is 0.272 e. The minimum Gasteiger partial charge on any atom is -0.258 e. The lowest BCUT2D eigenvalue weighted by atomic mass is 9.96. The van der Waals surface area contributed by atoms with E-state index >= 15 is 0 Å². The molecule has 1 aromatic carbocycles. The standard InChI is InChI=1S/C12H13ClFNO2/c13-11-3-1-2-8(11)6-9-7-10(14)4-5-12(9)15(16)17/h4-5,7-8,11H,1-3,6H2. The molecule has 0 aromatic heterocycles. The first kappa shape index (κ1) is 12.3. The van der Waals surface area contributed by atoms with Crippen LogP contribution in [0.2, 0.25) is 0 Å². The van der Waals surface area contributed by atoms with Crippen molar-refractivity contribution in [3.05, 3.63) is 39.7 Å². The molecule has 2 rings (SSSR count). The molecule has 0 heterocycles. The lowest BCUT2D eigenvalue weighted by Crippen LogP contribution is -2.11. The van der Waals surface area contributed by atoms with Gasteiger partial charge < -0.3 is 0 Å². The van der Waals surface area contributed by atoms with Crippen LogP contribution in [0.4, 0.5) is 10.1 Å². The van der Waals surface area contributed by atoms with Gasteiger partial charge in [-0.2, -0.15) is 0 Å². The van der Waals surface area contributed by atoms with E-state index in [1.807, 2.05) is 0 Å². The zero-order valence-electron chi connectivity index (χ0n) is 9.23. The Hall–Kier alpha value is -1.16. The van der Waals surface area contributed by atoms with Gasteiger partial charge in [-0.1, -0.05) is 6.42 Å². The van der Waals surface area contributed by atoms with Crippen molar-refractivity contribution >= 4 is 17.3 Å². The lowest BCUT2D eigenvalue weighted by Gasteiger charge is -2.13. The van der Waals surface area contributed by atoms with Gasteiger partial charge in [0.15, 0.2) is 0 Å². The number of halogens is 2. The summed E-state index contributed by atoms with van der Waals surface area (Å²) in [4.78, 5) is 10.4. The Bertz CT molecular complexity index is 439. The number of nitro groups is 1. The van der Waals surface area contributed by atoms with Crippen molar-refractivity contribution in [2.45, 2.75) is 31.1 Å². The molecule has 1 saturated carbocycles. The maximum Gasteiger partial charge on any atom is 0.272 e. The molecule has 0 N–H and O–H groups in total. The van der Waals surface area contributed by atoms with Gasteiger partial charge in [0.05, 0.1) is 4.92 Å². The summed E-state index contributed by atoms with van der Waals surface area (Å²) < 4.78 is 13.1. The van der Waals surface area contributed by atoms with Crippen molar-refractivity contribution in [1.82, 2.24) is 0 Å². The normalized spacial score (nSPS) is 23.9. The summed E-state index contributed by atoms with van der Waals surface area (Å²) in [5, 5.41) is 10.9. The Morgan fingerprint density at radius 3 is 2.82 bits per heavy atom. The highest BCUT2D eigenvalue weighted by molar-refractivity contribution is 6.20. The van der Waals surface area contributed by atoms with Crippen LogP contribution in [0.15, 0.2) is 18.2 Å². The van der Waals surface area contributed by atoms with Crippen LogP contribution >= 0.6 is 11.6 Å². The first-order chi connectivity index (χ1) is 8.08. The van der Waals surface area contributed by atoms with Gasteiger partial charge in [-0.15, -0.1) is 11.6 Å². The molecule has 0 aliphatic heterocycles. The van der Waals surface area contributed by atoms with E-state index in [0.717, 1.165) is 25.3 Å². The SMILES string of the molecule is O=[N+]([O-])c1ccc(F)cc1CC1CCCC1Cl. The second-order valence-electron chi connectivity index (χ2n) is 4.44. The molecule has 5 heteroatoms. The summed E-state index contributed by atoms with van der Waals surface area (Å²) in [7, 11) is 0. The fourth-order valence-corrected chi connectivity index (χ4v) is 2.77. The van der Waals surface area contributed by atoms with Crippen LogP contribution in [0.25, 0.3) is 0 Å². The number of hydrogen-bond acceptors (Lipinski definition) is 2. The Morgan fingerprint density at radius 2 is 2.24 bits per heavy atom. The summed E-state index contributed by atoms with van der Waals surface area (Å²) in [5.74, 6) is -0.216. The quantitative estimate of drug-likeness (QED) is 0.471. The highest BCUT2D eigenvalue weighted by Gasteiger charge is 2.28. The first-order valence-corrected chi connectivity index (χ1v) is 6.08. The highest BCUT2D eigenvalue weighted by Crippen LogP contribution is 2.34. The van der Waals surface area contributed by atoms with Crippen molar-refractivity contribution in [3.63, 3.8) is 0 Å². The third-order valence-corrected chi connectivity index (χ3v) is 3.86. The van der Waals surface area contributed by atoms with Crippen LogP contribution < -0.4 is 0 Å². The topological polar surface area (TPSA) is 43.1 Å². The molecule has 0 radical (unpaired) electrons. The Labute approximate surface area is 104 Å². The van der Waals surface area contributed by atoms with E-state index in [1.165, 1.54) is 12.1 Å². The molecule has 17 heavy (non-hydrogen) atoms. The zero-order chi connectivity index (χ0) is 12.4. The summed E-state index contributed by atoms with van der Waals surface area (Å²) >= 11 is 6.14. The van der Waals surface area contributed by atoms with E-state index in [-0.39, 0.29) is 17.0 Å².